The molecule has 0 aromatic carbocycles. The molecule has 4 nitrogen and oxygen atoms in total. The summed E-state index contributed by atoms with van der Waals surface area (Å²) in [6, 6.07) is 2.38. The van der Waals surface area contributed by atoms with E-state index in [0.29, 0.717) is 11.9 Å². The number of nitrogens with two attached hydrogens (primary N) is 1. The van der Waals surface area contributed by atoms with Gasteiger partial charge in [0.05, 0.1) is 0 Å². The molecule has 1 aromatic heterocycles. The Morgan fingerprint density at radius 2 is 2.31 bits per heavy atom. The monoisotopic (exact) mass is 196 g/mol. The summed E-state index contributed by atoms with van der Waals surface area (Å²) in [6.45, 7) is 0. The van der Waals surface area contributed by atoms with Crippen molar-refractivity contribution < 1.29 is 0 Å². The predicted octanol–water partition coefficient (Wildman–Crippen LogP) is 1.35. The average molecular weight is 196 g/mol. The Kier molecular flexibility index (Phi) is 2.26. The van der Waals surface area contributed by atoms with Gasteiger partial charge >= 0.3 is 0 Å². The number of nitrogens with one attached hydrogen (secondary N) is 1. The average Bonchev–Trinajstić information content (AvgIpc) is 2.87. The quantitative estimate of drug-likeness (QED) is 0.564. The number of aromatic nitrogens is 2. The molecule has 1 aromatic rings. The lowest BCUT2D eigenvalue weighted by Crippen LogP contribution is -2.05. The van der Waals surface area contributed by atoms with Crippen molar-refractivity contribution >= 4 is 23.4 Å². The molecule has 5 heteroatoms. The SMILES string of the molecule is CSc1nc(N)cc(NC2CC2)n1. The fourth-order valence-electron chi connectivity index (χ4n) is 1.05. The van der Waals surface area contributed by atoms with Crippen molar-refractivity contribution in [1.82, 2.24) is 9.97 Å². The number of hydrogen-bond acceptors (Lipinski definition) is 5. The van der Waals surface area contributed by atoms with E-state index in [0.717, 1.165) is 11.0 Å². The second-order valence-corrected chi connectivity index (χ2v) is 3.86. The lowest BCUT2D eigenvalue weighted by molar-refractivity contribution is 0.963. The van der Waals surface area contributed by atoms with Gasteiger partial charge in [-0.25, -0.2) is 9.97 Å². The van der Waals surface area contributed by atoms with Crippen LogP contribution in [0.2, 0.25) is 0 Å². The zero-order chi connectivity index (χ0) is 9.26. The van der Waals surface area contributed by atoms with E-state index >= 15 is 0 Å². The fourth-order valence-corrected chi connectivity index (χ4v) is 1.43. The maximum absolute atomic E-state index is 5.63. The number of anilines is 2. The van der Waals surface area contributed by atoms with Crippen molar-refractivity contribution in [2.24, 2.45) is 0 Å². The first kappa shape index (κ1) is 8.62. The van der Waals surface area contributed by atoms with Gasteiger partial charge in [0.1, 0.15) is 11.6 Å². The van der Waals surface area contributed by atoms with Crippen LogP contribution in [0.15, 0.2) is 11.2 Å². The molecular formula is C8H12N4S. The summed E-state index contributed by atoms with van der Waals surface area (Å²) in [5.74, 6) is 1.38. The Hall–Kier alpha value is -0.970. The molecule has 1 heterocycles. The van der Waals surface area contributed by atoms with Gasteiger partial charge in [-0.1, -0.05) is 11.8 Å². The number of nitrogen functional groups attached to an aromatic ring is 1. The highest BCUT2D eigenvalue weighted by atomic mass is 32.2. The molecule has 70 valence electrons. The normalized spacial score (nSPS) is 15.8. The van der Waals surface area contributed by atoms with Crippen LogP contribution in [0.5, 0.6) is 0 Å². The van der Waals surface area contributed by atoms with E-state index in [9.17, 15) is 0 Å². The van der Waals surface area contributed by atoms with Crippen LogP contribution in [-0.2, 0) is 0 Å². The second-order valence-electron chi connectivity index (χ2n) is 3.08. The van der Waals surface area contributed by atoms with E-state index in [1.54, 1.807) is 6.07 Å². The minimum absolute atomic E-state index is 0.530. The van der Waals surface area contributed by atoms with Crippen LogP contribution in [0, 0.1) is 0 Å². The number of thioether (sulfide) groups is 1. The molecule has 0 amide bonds. The van der Waals surface area contributed by atoms with Gasteiger partial charge < -0.3 is 11.1 Å². The third kappa shape index (κ3) is 2.24. The van der Waals surface area contributed by atoms with Crippen molar-refractivity contribution in [3.05, 3.63) is 6.07 Å². The lowest BCUT2D eigenvalue weighted by Gasteiger charge is -2.05. The Morgan fingerprint density at radius 3 is 2.92 bits per heavy atom. The summed E-state index contributed by atoms with van der Waals surface area (Å²) < 4.78 is 0. The van der Waals surface area contributed by atoms with Gasteiger partial charge in [-0.2, -0.15) is 0 Å². The highest BCUT2D eigenvalue weighted by molar-refractivity contribution is 7.98. The van der Waals surface area contributed by atoms with Gasteiger partial charge in [-0.05, 0) is 19.1 Å². The van der Waals surface area contributed by atoms with Crippen LogP contribution in [0.1, 0.15) is 12.8 Å². The molecule has 13 heavy (non-hydrogen) atoms. The van der Waals surface area contributed by atoms with Crippen molar-refractivity contribution in [1.29, 1.82) is 0 Å². The van der Waals surface area contributed by atoms with Gasteiger partial charge in [0.15, 0.2) is 5.16 Å². The topological polar surface area (TPSA) is 63.8 Å². The summed E-state index contributed by atoms with van der Waals surface area (Å²) in [7, 11) is 0. The molecule has 0 atom stereocenters. The molecular weight excluding hydrogens is 184 g/mol. The van der Waals surface area contributed by atoms with Crippen LogP contribution in [0.3, 0.4) is 0 Å². The number of nitrogens with zero attached hydrogens (tertiary/aromatic N) is 2. The zero-order valence-electron chi connectivity index (χ0n) is 7.45. The van der Waals surface area contributed by atoms with Gasteiger partial charge in [-0.15, -0.1) is 0 Å². The van der Waals surface area contributed by atoms with Crippen LogP contribution >= 0.6 is 11.8 Å². The van der Waals surface area contributed by atoms with E-state index in [4.69, 9.17) is 5.73 Å². The summed E-state index contributed by atoms with van der Waals surface area (Å²) in [5, 5.41) is 4.01. The molecule has 3 N–H and O–H groups in total. The first-order valence-corrected chi connectivity index (χ1v) is 5.45. The summed E-state index contributed by atoms with van der Waals surface area (Å²) in [6.07, 6.45) is 4.41. The molecule has 1 aliphatic carbocycles. The Labute approximate surface area is 81.3 Å². The van der Waals surface area contributed by atoms with E-state index in [-0.39, 0.29) is 0 Å². The number of hydrogen-bond donors (Lipinski definition) is 2. The maximum atomic E-state index is 5.63. The van der Waals surface area contributed by atoms with Crippen molar-refractivity contribution in [3.8, 4) is 0 Å². The van der Waals surface area contributed by atoms with Crippen LogP contribution in [-0.4, -0.2) is 22.3 Å². The number of rotatable bonds is 3. The van der Waals surface area contributed by atoms with Gasteiger partial charge in [0.25, 0.3) is 0 Å². The van der Waals surface area contributed by atoms with Gasteiger partial charge in [0.2, 0.25) is 0 Å². The largest absolute Gasteiger partial charge is 0.383 e. The molecule has 0 bridgehead atoms. The Bertz CT molecular complexity index is 311. The molecule has 0 radical (unpaired) electrons. The summed E-state index contributed by atoms with van der Waals surface area (Å²) in [5.41, 5.74) is 5.63. The minimum Gasteiger partial charge on any atom is -0.383 e. The summed E-state index contributed by atoms with van der Waals surface area (Å²) in [4.78, 5) is 8.36. The maximum Gasteiger partial charge on any atom is 0.191 e. The second kappa shape index (κ2) is 3.41. The van der Waals surface area contributed by atoms with Gasteiger partial charge in [0, 0.05) is 12.1 Å². The van der Waals surface area contributed by atoms with Crippen LogP contribution in [0.25, 0.3) is 0 Å². The van der Waals surface area contributed by atoms with E-state index in [1.165, 1.54) is 24.6 Å². The first-order valence-electron chi connectivity index (χ1n) is 4.23. The fraction of sp³-hybridized carbons (Fsp3) is 0.500. The standard InChI is InChI=1S/C8H12N4S/c1-13-8-11-6(9)4-7(12-8)10-5-2-3-5/h4-5H,2-3H2,1H3,(H3,9,10,11,12). The van der Waals surface area contributed by atoms with Crippen LogP contribution < -0.4 is 11.1 Å². The molecule has 2 rings (SSSR count). The highest BCUT2D eigenvalue weighted by Gasteiger charge is 2.21. The minimum atomic E-state index is 0.530. The zero-order valence-corrected chi connectivity index (χ0v) is 8.27. The third-order valence-corrected chi connectivity index (χ3v) is 2.39. The molecule has 1 fully saturated rings. The molecule has 0 spiro atoms. The smallest absolute Gasteiger partial charge is 0.191 e. The predicted molar refractivity (Wildman–Crippen MR) is 54.9 cm³/mol. The highest BCUT2D eigenvalue weighted by Crippen LogP contribution is 2.25. The van der Waals surface area contributed by atoms with E-state index < -0.39 is 0 Å². The molecule has 0 saturated heterocycles. The molecule has 1 saturated carbocycles. The molecule has 0 unspecified atom stereocenters. The Morgan fingerprint density at radius 1 is 1.54 bits per heavy atom. The van der Waals surface area contributed by atoms with Crippen molar-refractivity contribution in [3.63, 3.8) is 0 Å². The van der Waals surface area contributed by atoms with Crippen molar-refractivity contribution in [2.45, 2.75) is 24.0 Å². The molecule has 0 aliphatic heterocycles. The van der Waals surface area contributed by atoms with Gasteiger partial charge in [-0.3, -0.25) is 0 Å². The Balaban J connectivity index is 2.17. The third-order valence-electron chi connectivity index (χ3n) is 1.84. The van der Waals surface area contributed by atoms with E-state index in [1.807, 2.05) is 6.26 Å². The van der Waals surface area contributed by atoms with Crippen LogP contribution in [0.4, 0.5) is 11.6 Å². The van der Waals surface area contributed by atoms with Crippen molar-refractivity contribution in [2.75, 3.05) is 17.3 Å². The summed E-state index contributed by atoms with van der Waals surface area (Å²) >= 11 is 1.50. The first-order chi connectivity index (χ1) is 6.28. The lowest BCUT2D eigenvalue weighted by atomic mass is 10.5. The molecule has 1 aliphatic rings. The van der Waals surface area contributed by atoms with E-state index in [2.05, 4.69) is 15.3 Å².